The summed E-state index contributed by atoms with van der Waals surface area (Å²) in [4.78, 5) is 16.1. The Balaban J connectivity index is 2.52. The van der Waals surface area contributed by atoms with Crippen molar-refractivity contribution in [2.45, 2.75) is 32.3 Å². The van der Waals surface area contributed by atoms with Crippen LogP contribution in [0.2, 0.25) is 0 Å². The summed E-state index contributed by atoms with van der Waals surface area (Å²) >= 11 is 0. The molecule has 0 aliphatic carbocycles. The summed E-state index contributed by atoms with van der Waals surface area (Å²) in [6, 6.07) is 1.71. The SMILES string of the molecule is CCOC(=O)C(c1coc2ccncc12)C(C)(C)O. The topological polar surface area (TPSA) is 72.6 Å². The van der Waals surface area contributed by atoms with E-state index in [2.05, 4.69) is 4.98 Å². The average Bonchev–Trinajstić information content (AvgIpc) is 2.72. The van der Waals surface area contributed by atoms with Gasteiger partial charge in [0.15, 0.2) is 0 Å². The minimum atomic E-state index is -1.25. The van der Waals surface area contributed by atoms with Gasteiger partial charge in [-0.1, -0.05) is 0 Å². The van der Waals surface area contributed by atoms with Crippen molar-refractivity contribution in [3.05, 3.63) is 30.3 Å². The fraction of sp³-hybridized carbons (Fsp3) is 0.429. The van der Waals surface area contributed by atoms with E-state index in [4.69, 9.17) is 9.15 Å². The zero-order chi connectivity index (χ0) is 14.0. The van der Waals surface area contributed by atoms with Crippen LogP contribution in [-0.2, 0) is 9.53 Å². The van der Waals surface area contributed by atoms with Crippen LogP contribution in [0, 0.1) is 0 Å². The van der Waals surface area contributed by atoms with Crippen molar-refractivity contribution < 1.29 is 19.1 Å². The van der Waals surface area contributed by atoms with Crippen molar-refractivity contribution in [3.8, 4) is 0 Å². The van der Waals surface area contributed by atoms with Gasteiger partial charge in [-0.05, 0) is 26.8 Å². The number of ether oxygens (including phenoxy) is 1. The Morgan fingerprint density at radius 3 is 2.95 bits per heavy atom. The zero-order valence-corrected chi connectivity index (χ0v) is 11.2. The quantitative estimate of drug-likeness (QED) is 0.856. The standard InChI is InChI=1S/C14H17NO4/c1-4-18-13(16)12(14(2,3)17)10-8-19-11-5-6-15-7-9(10)11/h5-8,12,17H,4H2,1-3H3. The number of hydrogen-bond acceptors (Lipinski definition) is 5. The fourth-order valence-corrected chi connectivity index (χ4v) is 2.14. The zero-order valence-electron chi connectivity index (χ0n) is 11.2. The molecule has 0 aliphatic rings. The van der Waals surface area contributed by atoms with Gasteiger partial charge in [0.1, 0.15) is 11.5 Å². The Labute approximate surface area is 111 Å². The highest BCUT2D eigenvalue weighted by Gasteiger charge is 2.38. The molecule has 0 saturated carbocycles. The first-order valence-electron chi connectivity index (χ1n) is 6.15. The second-order valence-corrected chi connectivity index (χ2v) is 4.90. The maximum Gasteiger partial charge on any atom is 0.316 e. The van der Waals surface area contributed by atoms with Crippen LogP contribution in [0.15, 0.2) is 29.1 Å². The summed E-state index contributed by atoms with van der Waals surface area (Å²) in [7, 11) is 0. The van der Waals surface area contributed by atoms with Crippen molar-refractivity contribution in [3.63, 3.8) is 0 Å². The monoisotopic (exact) mass is 263 g/mol. The van der Waals surface area contributed by atoms with E-state index in [9.17, 15) is 9.90 Å². The highest BCUT2D eigenvalue weighted by molar-refractivity contribution is 5.89. The molecule has 2 aromatic heterocycles. The molecule has 0 aliphatic heterocycles. The summed E-state index contributed by atoms with van der Waals surface area (Å²) in [5, 5.41) is 11.0. The molecule has 0 radical (unpaired) electrons. The summed E-state index contributed by atoms with van der Waals surface area (Å²) in [6.07, 6.45) is 4.71. The fourth-order valence-electron chi connectivity index (χ4n) is 2.14. The van der Waals surface area contributed by atoms with Gasteiger partial charge in [0.25, 0.3) is 0 Å². The van der Waals surface area contributed by atoms with E-state index in [0.717, 1.165) is 0 Å². The molecular weight excluding hydrogens is 246 g/mol. The van der Waals surface area contributed by atoms with Gasteiger partial charge >= 0.3 is 5.97 Å². The van der Waals surface area contributed by atoms with E-state index in [0.29, 0.717) is 16.5 Å². The van der Waals surface area contributed by atoms with Gasteiger partial charge in [-0.25, -0.2) is 0 Å². The molecule has 2 aromatic rings. The lowest BCUT2D eigenvalue weighted by atomic mass is 9.85. The molecule has 102 valence electrons. The Morgan fingerprint density at radius 2 is 2.32 bits per heavy atom. The van der Waals surface area contributed by atoms with E-state index in [-0.39, 0.29) is 6.61 Å². The number of fused-ring (bicyclic) bond motifs is 1. The van der Waals surface area contributed by atoms with Crippen LogP contribution in [-0.4, -0.2) is 28.3 Å². The van der Waals surface area contributed by atoms with Crippen LogP contribution in [0.4, 0.5) is 0 Å². The molecule has 19 heavy (non-hydrogen) atoms. The number of aromatic nitrogens is 1. The molecule has 0 saturated heterocycles. The second kappa shape index (κ2) is 5.01. The second-order valence-electron chi connectivity index (χ2n) is 4.90. The smallest absolute Gasteiger partial charge is 0.316 e. The van der Waals surface area contributed by atoms with E-state index >= 15 is 0 Å². The van der Waals surface area contributed by atoms with Crippen LogP contribution < -0.4 is 0 Å². The molecule has 2 rings (SSSR count). The van der Waals surface area contributed by atoms with E-state index in [1.807, 2.05) is 0 Å². The van der Waals surface area contributed by atoms with Crippen LogP contribution >= 0.6 is 0 Å². The molecular formula is C14H17NO4. The summed E-state index contributed by atoms with van der Waals surface area (Å²) in [5.74, 6) is -1.28. The molecule has 0 amide bonds. The van der Waals surface area contributed by atoms with Crippen LogP contribution in [0.5, 0.6) is 0 Å². The number of pyridine rings is 1. The third kappa shape index (κ3) is 2.61. The predicted octanol–water partition coefficient (Wildman–Crippen LogP) is 2.25. The largest absolute Gasteiger partial charge is 0.465 e. The average molecular weight is 263 g/mol. The molecule has 2 heterocycles. The van der Waals surface area contributed by atoms with Crippen molar-refractivity contribution >= 4 is 16.9 Å². The number of carbonyl (C=O) groups excluding carboxylic acids is 1. The number of carbonyl (C=O) groups is 1. The predicted molar refractivity (Wildman–Crippen MR) is 69.7 cm³/mol. The lowest BCUT2D eigenvalue weighted by Gasteiger charge is -2.26. The molecule has 0 bridgehead atoms. The number of esters is 1. The van der Waals surface area contributed by atoms with Crippen molar-refractivity contribution in [2.24, 2.45) is 0 Å². The first kappa shape index (κ1) is 13.5. The van der Waals surface area contributed by atoms with Gasteiger partial charge in [-0.2, -0.15) is 0 Å². The molecule has 1 N–H and O–H groups in total. The van der Waals surface area contributed by atoms with Crippen LogP contribution in [0.1, 0.15) is 32.3 Å². The summed E-state index contributed by atoms with van der Waals surface area (Å²) in [5.41, 5.74) is -0.0311. The number of rotatable bonds is 4. The maximum absolute atomic E-state index is 12.1. The van der Waals surface area contributed by atoms with Gasteiger partial charge < -0.3 is 14.3 Å². The number of hydrogen-bond donors (Lipinski definition) is 1. The van der Waals surface area contributed by atoms with Gasteiger partial charge in [0.2, 0.25) is 0 Å². The summed E-state index contributed by atoms with van der Waals surface area (Å²) in [6.45, 7) is 5.14. The van der Waals surface area contributed by atoms with Crippen LogP contribution in [0.25, 0.3) is 11.0 Å². The molecule has 5 nitrogen and oxygen atoms in total. The lowest BCUT2D eigenvalue weighted by Crippen LogP contribution is -2.35. The van der Waals surface area contributed by atoms with Crippen molar-refractivity contribution in [1.29, 1.82) is 0 Å². The highest BCUT2D eigenvalue weighted by atomic mass is 16.5. The Hall–Kier alpha value is -1.88. The van der Waals surface area contributed by atoms with E-state index in [1.165, 1.54) is 6.26 Å². The van der Waals surface area contributed by atoms with Crippen molar-refractivity contribution in [1.82, 2.24) is 4.98 Å². The molecule has 0 fully saturated rings. The number of nitrogens with zero attached hydrogens (tertiary/aromatic N) is 1. The minimum absolute atomic E-state index is 0.263. The molecule has 0 spiro atoms. The van der Waals surface area contributed by atoms with E-state index < -0.39 is 17.5 Å². The lowest BCUT2D eigenvalue weighted by molar-refractivity contribution is -0.150. The van der Waals surface area contributed by atoms with Crippen molar-refractivity contribution in [2.75, 3.05) is 6.61 Å². The Kier molecular flexibility index (Phi) is 3.57. The minimum Gasteiger partial charge on any atom is -0.465 e. The molecule has 5 heteroatoms. The number of furan rings is 1. The number of aliphatic hydroxyl groups is 1. The van der Waals surface area contributed by atoms with Gasteiger partial charge in [0, 0.05) is 23.3 Å². The van der Waals surface area contributed by atoms with Gasteiger partial charge in [-0.15, -0.1) is 0 Å². The molecule has 1 unspecified atom stereocenters. The Morgan fingerprint density at radius 1 is 1.58 bits per heavy atom. The van der Waals surface area contributed by atoms with Crippen LogP contribution in [0.3, 0.4) is 0 Å². The first-order valence-corrected chi connectivity index (χ1v) is 6.15. The maximum atomic E-state index is 12.1. The Bertz CT molecular complexity index is 582. The highest BCUT2D eigenvalue weighted by Crippen LogP contribution is 2.35. The molecule has 1 atom stereocenters. The molecule has 0 aromatic carbocycles. The van der Waals surface area contributed by atoms with Gasteiger partial charge in [0.05, 0.1) is 18.5 Å². The third-order valence-electron chi connectivity index (χ3n) is 2.94. The summed E-state index contributed by atoms with van der Waals surface area (Å²) < 4.78 is 10.4. The van der Waals surface area contributed by atoms with E-state index in [1.54, 1.807) is 39.2 Å². The first-order chi connectivity index (χ1) is 8.95. The van der Waals surface area contributed by atoms with Gasteiger partial charge in [-0.3, -0.25) is 9.78 Å². The third-order valence-corrected chi connectivity index (χ3v) is 2.94. The normalized spacial score (nSPS) is 13.5.